The van der Waals surface area contributed by atoms with E-state index in [1.807, 2.05) is 12.1 Å². The molecular formula is C18H12N6O2S2. The maximum Gasteiger partial charge on any atom is 0.290 e. The quantitative estimate of drug-likeness (QED) is 0.637. The van der Waals surface area contributed by atoms with E-state index in [-0.39, 0.29) is 5.24 Å². The van der Waals surface area contributed by atoms with Crippen LogP contribution < -0.4 is 10.6 Å². The first kappa shape index (κ1) is 17.0. The van der Waals surface area contributed by atoms with E-state index in [1.54, 1.807) is 22.9 Å². The van der Waals surface area contributed by atoms with Crippen molar-refractivity contribution in [1.29, 1.82) is 5.26 Å². The molecule has 10 heteroatoms. The summed E-state index contributed by atoms with van der Waals surface area (Å²) >= 11 is 2.23. The zero-order chi connectivity index (χ0) is 19.3. The Morgan fingerprint density at radius 1 is 1.36 bits per heavy atom. The van der Waals surface area contributed by atoms with Crippen molar-refractivity contribution < 1.29 is 9.59 Å². The van der Waals surface area contributed by atoms with Crippen LogP contribution in [0.25, 0.3) is 22.3 Å². The Balaban J connectivity index is 1.65. The van der Waals surface area contributed by atoms with Crippen LogP contribution in [0.4, 0.5) is 10.6 Å². The van der Waals surface area contributed by atoms with E-state index in [0.29, 0.717) is 27.0 Å². The van der Waals surface area contributed by atoms with Gasteiger partial charge in [-0.05, 0) is 42.8 Å². The van der Waals surface area contributed by atoms with Gasteiger partial charge >= 0.3 is 0 Å². The molecular weight excluding hydrogens is 396 g/mol. The molecule has 3 aromatic rings. The highest BCUT2D eigenvalue weighted by Crippen LogP contribution is 2.33. The van der Waals surface area contributed by atoms with Crippen molar-refractivity contribution in [1.82, 2.24) is 19.9 Å². The standard InChI is InChI=1S/C18H12N6O2S2/c19-7-11-3-4-13(27-11)12-6-15(21-10-1-2-10)24-16(22-12)9(8-20-24)5-14-17(25)23-18(26)28-14/h3-6,8,10,21H,1-2H2,(H,23,25,26)/b14-5+. The van der Waals surface area contributed by atoms with Crippen LogP contribution in [0, 0.1) is 11.3 Å². The van der Waals surface area contributed by atoms with Crippen molar-refractivity contribution in [2.24, 2.45) is 0 Å². The summed E-state index contributed by atoms with van der Waals surface area (Å²) in [5.41, 5.74) is 1.94. The first-order valence-electron chi connectivity index (χ1n) is 8.51. The third-order valence-electron chi connectivity index (χ3n) is 4.33. The molecule has 2 amide bonds. The van der Waals surface area contributed by atoms with Gasteiger partial charge in [-0.1, -0.05) is 0 Å². The number of amides is 2. The Labute approximate surface area is 167 Å². The number of carbonyl (C=O) groups is 2. The molecule has 2 fully saturated rings. The lowest BCUT2D eigenvalue weighted by atomic mass is 10.2. The summed E-state index contributed by atoms with van der Waals surface area (Å²) in [6, 6.07) is 8.12. The number of nitriles is 1. The summed E-state index contributed by atoms with van der Waals surface area (Å²) in [7, 11) is 0. The third-order valence-corrected chi connectivity index (χ3v) is 6.15. The molecule has 5 rings (SSSR count). The van der Waals surface area contributed by atoms with Crippen molar-refractivity contribution in [3.8, 4) is 16.6 Å². The number of anilines is 1. The molecule has 0 unspecified atom stereocenters. The van der Waals surface area contributed by atoms with Crippen LogP contribution in [0.2, 0.25) is 0 Å². The van der Waals surface area contributed by atoms with Crippen molar-refractivity contribution in [2.75, 3.05) is 5.32 Å². The molecule has 0 bridgehead atoms. The van der Waals surface area contributed by atoms with Crippen molar-refractivity contribution in [3.05, 3.63) is 39.7 Å². The number of nitrogens with zero attached hydrogens (tertiary/aromatic N) is 4. The topological polar surface area (TPSA) is 112 Å². The Morgan fingerprint density at radius 3 is 2.89 bits per heavy atom. The largest absolute Gasteiger partial charge is 0.367 e. The molecule has 0 spiro atoms. The maximum absolute atomic E-state index is 11.9. The second-order valence-corrected chi connectivity index (χ2v) is 8.51. The number of hydrogen-bond donors (Lipinski definition) is 2. The number of hydrogen-bond acceptors (Lipinski definition) is 8. The normalized spacial score (nSPS) is 17.9. The van der Waals surface area contributed by atoms with Gasteiger partial charge in [-0.25, -0.2) is 4.98 Å². The SMILES string of the molecule is N#Cc1ccc(-c2cc(NC3CC3)n3ncc(/C=C4/SC(=O)NC4=O)c3n2)s1. The van der Waals surface area contributed by atoms with E-state index in [1.165, 1.54) is 11.3 Å². The fourth-order valence-electron chi connectivity index (χ4n) is 2.85. The van der Waals surface area contributed by atoms with Gasteiger partial charge < -0.3 is 5.32 Å². The van der Waals surface area contributed by atoms with Gasteiger partial charge in [0, 0.05) is 17.7 Å². The Morgan fingerprint density at radius 2 is 2.21 bits per heavy atom. The minimum atomic E-state index is -0.418. The summed E-state index contributed by atoms with van der Waals surface area (Å²) in [6.07, 6.45) is 5.46. The van der Waals surface area contributed by atoms with Gasteiger partial charge in [0.2, 0.25) is 0 Å². The van der Waals surface area contributed by atoms with Gasteiger partial charge in [-0.3, -0.25) is 14.9 Å². The summed E-state index contributed by atoms with van der Waals surface area (Å²) < 4.78 is 1.70. The lowest BCUT2D eigenvalue weighted by molar-refractivity contribution is -0.115. The molecule has 1 saturated carbocycles. The molecule has 4 heterocycles. The van der Waals surface area contributed by atoms with Gasteiger partial charge in [0.05, 0.1) is 21.7 Å². The summed E-state index contributed by atoms with van der Waals surface area (Å²) in [5, 5.41) is 18.8. The molecule has 0 aromatic carbocycles. The van der Waals surface area contributed by atoms with E-state index in [0.717, 1.165) is 41.0 Å². The molecule has 138 valence electrons. The molecule has 1 aliphatic carbocycles. The van der Waals surface area contributed by atoms with E-state index < -0.39 is 5.91 Å². The number of thioether (sulfide) groups is 1. The lowest BCUT2D eigenvalue weighted by Gasteiger charge is -2.09. The first-order chi connectivity index (χ1) is 13.6. The number of imide groups is 1. The monoisotopic (exact) mass is 408 g/mol. The van der Waals surface area contributed by atoms with Crippen LogP contribution >= 0.6 is 23.1 Å². The van der Waals surface area contributed by atoms with Gasteiger partial charge in [-0.15, -0.1) is 11.3 Å². The fourth-order valence-corrected chi connectivity index (χ4v) is 4.28. The van der Waals surface area contributed by atoms with E-state index in [4.69, 9.17) is 10.2 Å². The van der Waals surface area contributed by atoms with Gasteiger partial charge in [0.25, 0.3) is 11.1 Å². The van der Waals surface area contributed by atoms with Crippen LogP contribution in [0.5, 0.6) is 0 Å². The van der Waals surface area contributed by atoms with Crippen molar-refractivity contribution in [2.45, 2.75) is 18.9 Å². The Kier molecular flexibility index (Phi) is 3.92. The number of nitrogens with one attached hydrogen (secondary N) is 2. The van der Waals surface area contributed by atoms with E-state index >= 15 is 0 Å². The molecule has 2 aliphatic rings. The third kappa shape index (κ3) is 3.04. The highest BCUT2D eigenvalue weighted by Gasteiger charge is 2.26. The number of carbonyl (C=O) groups excluding carboxylic acids is 2. The van der Waals surface area contributed by atoms with Crippen LogP contribution in [0.15, 0.2) is 29.3 Å². The molecule has 0 atom stereocenters. The fraction of sp³-hybridized carbons (Fsp3) is 0.167. The molecule has 2 N–H and O–H groups in total. The zero-order valence-corrected chi connectivity index (χ0v) is 15.9. The smallest absolute Gasteiger partial charge is 0.290 e. The van der Waals surface area contributed by atoms with Gasteiger partial charge in [0.15, 0.2) is 5.65 Å². The molecule has 8 nitrogen and oxygen atoms in total. The van der Waals surface area contributed by atoms with Crippen molar-refractivity contribution in [3.63, 3.8) is 0 Å². The Bertz CT molecular complexity index is 1210. The minimum Gasteiger partial charge on any atom is -0.367 e. The number of fused-ring (bicyclic) bond motifs is 1. The average molecular weight is 408 g/mol. The highest BCUT2D eigenvalue weighted by molar-refractivity contribution is 8.18. The van der Waals surface area contributed by atoms with Crippen LogP contribution in [-0.4, -0.2) is 31.8 Å². The molecule has 1 saturated heterocycles. The number of rotatable bonds is 4. The summed E-state index contributed by atoms with van der Waals surface area (Å²) in [6.45, 7) is 0. The number of aromatic nitrogens is 3. The predicted molar refractivity (Wildman–Crippen MR) is 107 cm³/mol. The molecule has 3 aromatic heterocycles. The second-order valence-electron chi connectivity index (χ2n) is 6.41. The zero-order valence-electron chi connectivity index (χ0n) is 14.3. The van der Waals surface area contributed by atoms with Crippen molar-refractivity contribution >= 4 is 51.8 Å². The predicted octanol–water partition coefficient (Wildman–Crippen LogP) is 3.23. The average Bonchev–Trinajstić information content (AvgIpc) is 3.08. The lowest BCUT2D eigenvalue weighted by Crippen LogP contribution is -2.17. The highest BCUT2D eigenvalue weighted by atomic mass is 32.2. The maximum atomic E-state index is 11.9. The summed E-state index contributed by atoms with van der Waals surface area (Å²) in [5.74, 6) is 0.386. The first-order valence-corrected chi connectivity index (χ1v) is 10.1. The van der Waals surface area contributed by atoms with Crippen LogP contribution in [0.1, 0.15) is 23.3 Å². The second kappa shape index (κ2) is 6.47. The van der Waals surface area contributed by atoms with Crippen LogP contribution in [0.3, 0.4) is 0 Å². The molecule has 1 aliphatic heterocycles. The van der Waals surface area contributed by atoms with Gasteiger partial charge in [0.1, 0.15) is 16.8 Å². The van der Waals surface area contributed by atoms with Crippen LogP contribution in [-0.2, 0) is 4.79 Å². The van der Waals surface area contributed by atoms with E-state index in [2.05, 4.69) is 21.8 Å². The number of thiophene rings is 1. The minimum absolute atomic E-state index is 0.312. The molecule has 28 heavy (non-hydrogen) atoms. The molecule has 0 radical (unpaired) electrons. The summed E-state index contributed by atoms with van der Waals surface area (Å²) in [4.78, 5) is 29.8. The van der Waals surface area contributed by atoms with Gasteiger partial charge in [-0.2, -0.15) is 14.9 Å². The van der Waals surface area contributed by atoms with E-state index in [9.17, 15) is 9.59 Å². The Hall–Kier alpha value is -3.16.